The summed E-state index contributed by atoms with van der Waals surface area (Å²) in [4.78, 5) is 49.4. The van der Waals surface area contributed by atoms with Gasteiger partial charge in [-0.25, -0.2) is 9.59 Å². The van der Waals surface area contributed by atoms with Gasteiger partial charge in [-0.1, -0.05) is 0 Å². The molecule has 0 bridgehead atoms. The third-order valence-electron chi connectivity index (χ3n) is 2.06. The first kappa shape index (κ1) is 31.0. The third kappa shape index (κ3) is 20.8. The van der Waals surface area contributed by atoms with Gasteiger partial charge in [0.2, 0.25) is 53.5 Å². The van der Waals surface area contributed by atoms with E-state index in [1.807, 2.05) is 0 Å². The van der Waals surface area contributed by atoms with E-state index in [2.05, 4.69) is 67.8 Å². The molecule has 35 heavy (non-hydrogen) atoms. The summed E-state index contributed by atoms with van der Waals surface area (Å²) in [5.41, 5.74) is 63.2. The van der Waals surface area contributed by atoms with Crippen molar-refractivity contribution in [2.24, 2.45) is 22.9 Å². The summed E-state index contributed by atoms with van der Waals surface area (Å²) in [6.45, 7) is 0. The first-order valence-electron chi connectivity index (χ1n) is 8.19. The van der Waals surface area contributed by atoms with Crippen LogP contribution in [0.1, 0.15) is 0 Å². The van der Waals surface area contributed by atoms with E-state index in [1.54, 1.807) is 0 Å². The number of anilines is 9. The summed E-state index contributed by atoms with van der Waals surface area (Å²) in [5, 5.41) is 0. The molecule has 24 nitrogen and oxygen atoms in total. The van der Waals surface area contributed by atoms with E-state index >= 15 is 0 Å². The first-order valence-corrected chi connectivity index (χ1v) is 8.19. The molecule has 3 rings (SSSR count). The highest BCUT2D eigenvalue weighted by atomic mass is 16.2. The van der Waals surface area contributed by atoms with E-state index in [4.69, 9.17) is 61.2 Å². The van der Waals surface area contributed by atoms with E-state index in [-0.39, 0.29) is 53.5 Å². The van der Waals surface area contributed by atoms with E-state index < -0.39 is 12.1 Å². The fourth-order valence-corrected chi connectivity index (χ4v) is 1.28. The highest BCUT2D eigenvalue weighted by Crippen LogP contribution is 1.98. The minimum atomic E-state index is -0.833. The summed E-state index contributed by atoms with van der Waals surface area (Å²) >= 11 is 0. The fourth-order valence-electron chi connectivity index (χ4n) is 1.28. The molecule has 3 heterocycles. The number of nitrogens with zero attached hydrogens (tertiary/aromatic N) is 9. The van der Waals surface area contributed by atoms with Crippen molar-refractivity contribution < 1.29 is 9.59 Å². The van der Waals surface area contributed by atoms with Gasteiger partial charge in [-0.3, -0.25) is 0 Å². The van der Waals surface area contributed by atoms with Gasteiger partial charge < -0.3 is 74.5 Å². The molecule has 24 heteroatoms. The largest absolute Gasteiger partial charge is 0.368 e. The summed E-state index contributed by atoms with van der Waals surface area (Å²) in [5.74, 6) is 0.375. The van der Waals surface area contributed by atoms with Crippen molar-refractivity contribution >= 4 is 65.6 Å². The van der Waals surface area contributed by atoms with Crippen LogP contribution in [0.4, 0.5) is 63.1 Å². The molecule has 0 aromatic carbocycles. The molecular weight excluding hydrogens is 472 g/mol. The highest BCUT2D eigenvalue weighted by molar-refractivity contribution is 5.69. The SMILES string of the molecule is NC(N)=O.NC(N)=O.Nc1nc(N)nc(N)n1.Nc1nc(N)nc(N)n1.Nc1nc(N)nc(N)n1. The molecule has 4 amide bonds. The second kappa shape index (κ2) is 15.6. The van der Waals surface area contributed by atoms with Gasteiger partial charge in [0.05, 0.1) is 0 Å². The van der Waals surface area contributed by atoms with Crippen LogP contribution < -0.4 is 74.5 Å². The second-order valence-corrected chi connectivity index (χ2v) is 5.03. The van der Waals surface area contributed by atoms with Crippen molar-refractivity contribution in [3.05, 3.63) is 0 Å². The van der Waals surface area contributed by atoms with E-state index in [0.29, 0.717) is 0 Å². The van der Waals surface area contributed by atoms with Crippen LogP contribution in [0.2, 0.25) is 0 Å². The smallest absolute Gasteiger partial charge is 0.309 e. The molecule has 0 unspecified atom stereocenters. The lowest BCUT2D eigenvalue weighted by molar-refractivity contribution is 0.255. The Morgan fingerprint density at radius 2 is 0.371 bits per heavy atom. The van der Waals surface area contributed by atoms with Gasteiger partial charge in [0.25, 0.3) is 0 Å². The molecule has 0 aliphatic carbocycles. The zero-order valence-corrected chi connectivity index (χ0v) is 17.8. The maximum absolute atomic E-state index is 9.00. The van der Waals surface area contributed by atoms with Crippen LogP contribution in [-0.4, -0.2) is 56.9 Å². The van der Waals surface area contributed by atoms with Crippen LogP contribution in [0.25, 0.3) is 0 Å². The summed E-state index contributed by atoms with van der Waals surface area (Å²) < 4.78 is 0. The van der Waals surface area contributed by atoms with Gasteiger partial charge in [0, 0.05) is 0 Å². The maximum atomic E-state index is 9.00. The Labute approximate surface area is 195 Å². The molecule has 0 aliphatic rings. The number of hydrogen-bond acceptors (Lipinski definition) is 20. The zero-order chi connectivity index (χ0) is 27.7. The average molecular weight is 498 g/mol. The first-order chi connectivity index (χ1) is 16.0. The molecule has 0 aliphatic heterocycles. The third-order valence-corrected chi connectivity index (χ3v) is 2.06. The molecule has 3 aromatic rings. The summed E-state index contributed by atoms with van der Waals surface area (Å²) in [7, 11) is 0. The zero-order valence-electron chi connectivity index (χ0n) is 17.8. The molecule has 0 radical (unpaired) electrons. The lowest BCUT2D eigenvalue weighted by Crippen LogP contribution is -2.18. The number of hydrogen-bond donors (Lipinski definition) is 13. The number of nitrogens with two attached hydrogens (primary N) is 13. The van der Waals surface area contributed by atoms with Crippen molar-refractivity contribution in [3.63, 3.8) is 0 Å². The van der Waals surface area contributed by atoms with Gasteiger partial charge in [0.15, 0.2) is 0 Å². The molecule has 0 saturated carbocycles. The Morgan fingerprint density at radius 1 is 0.314 bits per heavy atom. The standard InChI is InChI=1S/3C3H6N6.2CH4N2O/c3*4-1-7-2(5)9-3(6)8-1;2*2-1(3)4/h3*(H6,4,5,6,7,8,9);2*(H4,2,3,4). The number of primary amides is 4. The van der Waals surface area contributed by atoms with Crippen LogP contribution in [0.3, 0.4) is 0 Å². The summed E-state index contributed by atoms with van der Waals surface area (Å²) in [6.07, 6.45) is 0. The number of nitrogen functional groups attached to an aromatic ring is 9. The van der Waals surface area contributed by atoms with Crippen molar-refractivity contribution in [2.45, 2.75) is 0 Å². The van der Waals surface area contributed by atoms with Crippen LogP contribution >= 0.6 is 0 Å². The normalized spacial score (nSPS) is 8.57. The fraction of sp³-hybridized carbons (Fsp3) is 0. The number of urea groups is 2. The molecule has 0 saturated heterocycles. The van der Waals surface area contributed by atoms with Crippen molar-refractivity contribution in [1.82, 2.24) is 44.9 Å². The van der Waals surface area contributed by atoms with Gasteiger partial charge in [-0.05, 0) is 0 Å². The molecule has 192 valence electrons. The molecule has 0 atom stereocenters. The predicted molar refractivity (Wildman–Crippen MR) is 127 cm³/mol. The average Bonchev–Trinajstić information content (AvgIpc) is 2.57. The quantitative estimate of drug-likeness (QED) is 0.137. The highest BCUT2D eigenvalue weighted by Gasteiger charge is 1.95. The minimum Gasteiger partial charge on any atom is -0.368 e. The number of aromatic nitrogens is 9. The molecular formula is C11H26N22O2. The molecule has 0 fully saturated rings. The monoisotopic (exact) mass is 498 g/mol. The Kier molecular flexibility index (Phi) is 13.8. The molecule has 26 N–H and O–H groups in total. The Bertz CT molecular complexity index is 800. The van der Waals surface area contributed by atoms with Gasteiger partial charge >= 0.3 is 12.1 Å². The Morgan fingerprint density at radius 3 is 0.429 bits per heavy atom. The van der Waals surface area contributed by atoms with E-state index in [0.717, 1.165) is 0 Å². The van der Waals surface area contributed by atoms with Gasteiger partial charge in [-0.15, -0.1) is 0 Å². The van der Waals surface area contributed by atoms with Crippen molar-refractivity contribution in [1.29, 1.82) is 0 Å². The lowest BCUT2D eigenvalue weighted by Gasteiger charge is -1.93. The van der Waals surface area contributed by atoms with E-state index in [1.165, 1.54) is 0 Å². The number of carbonyl (C=O) groups is 2. The number of rotatable bonds is 0. The van der Waals surface area contributed by atoms with Crippen LogP contribution in [0, 0.1) is 0 Å². The maximum Gasteiger partial charge on any atom is 0.309 e. The molecule has 3 aromatic heterocycles. The van der Waals surface area contributed by atoms with Crippen LogP contribution in [-0.2, 0) is 0 Å². The number of amides is 4. The Balaban J connectivity index is 0. The number of carbonyl (C=O) groups excluding carboxylic acids is 2. The predicted octanol–water partition coefficient (Wildman–Crippen LogP) is -6.10. The van der Waals surface area contributed by atoms with Gasteiger partial charge in [-0.2, -0.15) is 44.9 Å². The van der Waals surface area contributed by atoms with Crippen molar-refractivity contribution in [2.75, 3.05) is 51.6 Å². The van der Waals surface area contributed by atoms with Gasteiger partial charge in [0.1, 0.15) is 0 Å². The van der Waals surface area contributed by atoms with Crippen molar-refractivity contribution in [3.8, 4) is 0 Å². The second-order valence-electron chi connectivity index (χ2n) is 5.03. The Hall–Kier alpha value is -6.23. The lowest BCUT2D eigenvalue weighted by atomic mass is 10.9. The summed E-state index contributed by atoms with van der Waals surface area (Å²) in [6, 6.07) is -1.67. The van der Waals surface area contributed by atoms with Crippen LogP contribution in [0.5, 0.6) is 0 Å². The molecule has 0 spiro atoms. The topological polar surface area (TPSA) is 488 Å². The van der Waals surface area contributed by atoms with E-state index in [9.17, 15) is 0 Å². The van der Waals surface area contributed by atoms with Crippen LogP contribution in [0.15, 0.2) is 0 Å². The minimum absolute atomic E-state index is 0.0417.